The molecule has 0 aliphatic heterocycles. The van der Waals surface area contributed by atoms with Gasteiger partial charge in [-0.05, 0) is 37.5 Å². The van der Waals surface area contributed by atoms with Crippen molar-refractivity contribution >= 4 is 6.08 Å². The third kappa shape index (κ3) is 0.888. The fourth-order valence-corrected chi connectivity index (χ4v) is 2.49. The Morgan fingerprint density at radius 2 is 2.08 bits per heavy atom. The van der Waals surface area contributed by atoms with Gasteiger partial charge < -0.3 is 0 Å². The lowest BCUT2D eigenvalue weighted by atomic mass is 9.66. The summed E-state index contributed by atoms with van der Waals surface area (Å²) in [5.74, 6) is 0. The Balaban J connectivity index is 2.21. The van der Waals surface area contributed by atoms with E-state index in [1.807, 2.05) is 0 Å². The molecule has 2 aliphatic rings. The van der Waals surface area contributed by atoms with Crippen molar-refractivity contribution in [1.82, 2.24) is 0 Å². The molecule has 0 nitrogen and oxygen atoms in total. The molecule has 1 aromatic rings. The van der Waals surface area contributed by atoms with Gasteiger partial charge in [-0.1, -0.05) is 0 Å². The van der Waals surface area contributed by atoms with E-state index in [0.717, 1.165) is 0 Å². The average Bonchev–Trinajstić information content (AvgIpc) is 2.28. The third-order valence-electron chi connectivity index (χ3n) is 3.44. The van der Waals surface area contributed by atoms with E-state index in [0.29, 0.717) is 5.41 Å². The van der Waals surface area contributed by atoms with E-state index < -0.39 is 0 Å². The molecule has 1 fully saturated rings. The van der Waals surface area contributed by atoms with Crippen molar-refractivity contribution in [2.75, 3.05) is 0 Å². The van der Waals surface area contributed by atoms with Crippen LogP contribution >= 0.6 is 0 Å². The SMILES string of the molecule is C1=CC2(CCC2)c2ccccc[c+]21. The molecule has 0 radical (unpaired) electrons. The number of hydrogen-bond donors (Lipinski definition) is 0. The highest BCUT2D eigenvalue weighted by molar-refractivity contribution is 5.65. The van der Waals surface area contributed by atoms with E-state index in [4.69, 9.17) is 0 Å². The van der Waals surface area contributed by atoms with Gasteiger partial charge in [0.25, 0.3) is 0 Å². The molecule has 3 rings (SSSR count). The largest absolute Gasteiger partial charge is 0.0660 e. The Morgan fingerprint density at radius 3 is 2.85 bits per heavy atom. The maximum absolute atomic E-state index is 2.40. The number of rotatable bonds is 0. The van der Waals surface area contributed by atoms with E-state index >= 15 is 0 Å². The predicted molar refractivity (Wildman–Crippen MR) is 55.4 cm³/mol. The molecule has 1 saturated carbocycles. The highest BCUT2D eigenvalue weighted by Crippen LogP contribution is 2.49. The van der Waals surface area contributed by atoms with Crippen LogP contribution in [0.5, 0.6) is 0 Å². The first kappa shape index (κ1) is 7.25. The summed E-state index contributed by atoms with van der Waals surface area (Å²) < 4.78 is 0. The van der Waals surface area contributed by atoms with Crippen LogP contribution in [0.2, 0.25) is 0 Å². The summed E-state index contributed by atoms with van der Waals surface area (Å²) in [5, 5.41) is 0. The minimum absolute atomic E-state index is 0.439. The van der Waals surface area contributed by atoms with Gasteiger partial charge in [-0.3, -0.25) is 0 Å². The van der Waals surface area contributed by atoms with Gasteiger partial charge in [0.05, 0.1) is 16.5 Å². The van der Waals surface area contributed by atoms with E-state index in [2.05, 4.69) is 42.5 Å². The van der Waals surface area contributed by atoms with Crippen molar-refractivity contribution in [3.8, 4) is 0 Å². The van der Waals surface area contributed by atoms with Crippen molar-refractivity contribution < 1.29 is 0 Å². The van der Waals surface area contributed by atoms with Crippen LogP contribution in [0.3, 0.4) is 0 Å². The normalized spacial score (nSPS) is 21.2. The van der Waals surface area contributed by atoms with E-state index in [-0.39, 0.29) is 0 Å². The van der Waals surface area contributed by atoms with E-state index in [1.165, 1.54) is 24.8 Å². The van der Waals surface area contributed by atoms with Crippen molar-refractivity contribution in [3.05, 3.63) is 47.5 Å². The molecule has 0 heteroatoms. The molecule has 0 atom stereocenters. The zero-order chi connectivity index (χ0) is 8.73. The monoisotopic (exact) mass is 169 g/mol. The van der Waals surface area contributed by atoms with Crippen molar-refractivity contribution in [2.45, 2.75) is 24.7 Å². The lowest BCUT2D eigenvalue weighted by molar-refractivity contribution is 0.319. The number of hydrogen-bond acceptors (Lipinski definition) is 0. The fraction of sp³-hybridized carbons (Fsp3) is 0.308. The Hall–Kier alpha value is -1.17. The van der Waals surface area contributed by atoms with Crippen molar-refractivity contribution in [2.24, 2.45) is 0 Å². The first-order valence-corrected chi connectivity index (χ1v) is 5.03. The molecule has 0 heterocycles. The standard InChI is InChI=1S/C13H13/c1-2-5-11-7-10-13(8-4-9-13)12(11)6-3-1/h1-3,5-7,10H,4,8-9H2/q+1. The van der Waals surface area contributed by atoms with Crippen LogP contribution in [0.1, 0.15) is 30.4 Å². The summed E-state index contributed by atoms with van der Waals surface area (Å²) in [5.41, 5.74) is 3.40. The van der Waals surface area contributed by atoms with Gasteiger partial charge in [0.2, 0.25) is 0 Å². The van der Waals surface area contributed by atoms with Gasteiger partial charge in [0.15, 0.2) is 0 Å². The summed E-state index contributed by atoms with van der Waals surface area (Å²) in [7, 11) is 0. The molecule has 2 aliphatic carbocycles. The van der Waals surface area contributed by atoms with Gasteiger partial charge in [-0.15, -0.1) is 0 Å². The first-order valence-electron chi connectivity index (χ1n) is 5.03. The molecule has 1 spiro atoms. The third-order valence-corrected chi connectivity index (χ3v) is 3.44. The molecule has 0 unspecified atom stereocenters. The van der Waals surface area contributed by atoms with Crippen LogP contribution in [0.15, 0.2) is 36.4 Å². The average molecular weight is 169 g/mol. The highest BCUT2D eigenvalue weighted by atomic mass is 14.4. The lowest BCUT2D eigenvalue weighted by Crippen LogP contribution is -2.29. The fourth-order valence-electron chi connectivity index (χ4n) is 2.49. The summed E-state index contributed by atoms with van der Waals surface area (Å²) in [4.78, 5) is 0. The second-order valence-electron chi connectivity index (χ2n) is 4.12. The molecule has 0 N–H and O–H groups in total. The van der Waals surface area contributed by atoms with Gasteiger partial charge in [-0.2, -0.15) is 0 Å². The minimum atomic E-state index is 0.439. The van der Waals surface area contributed by atoms with Crippen molar-refractivity contribution in [1.29, 1.82) is 0 Å². The molecular weight excluding hydrogens is 156 g/mol. The second kappa shape index (κ2) is 2.41. The topological polar surface area (TPSA) is 0 Å². The Morgan fingerprint density at radius 1 is 1.15 bits per heavy atom. The maximum atomic E-state index is 2.40. The predicted octanol–water partition coefficient (Wildman–Crippen LogP) is 3.42. The molecule has 0 bridgehead atoms. The molecule has 64 valence electrons. The lowest BCUT2D eigenvalue weighted by Gasteiger charge is -2.33. The molecule has 13 heavy (non-hydrogen) atoms. The van der Waals surface area contributed by atoms with Crippen LogP contribution in [-0.4, -0.2) is 0 Å². The van der Waals surface area contributed by atoms with E-state index in [9.17, 15) is 0 Å². The van der Waals surface area contributed by atoms with Gasteiger partial charge in [0.1, 0.15) is 0 Å². The van der Waals surface area contributed by atoms with Gasteiger partial charge in [-0.25, -0.2) is 0 Å². The summed E-state index contributed by atoms with van der Waals surface area (Å²) >= 11 is 0. The van der Waals surface area contributed by atoms with Crippen molar-refractivity contribution in [3.63, 3.8) is 0 Å². The molecule has 0 amide bonds. The van der Waals surface area contributed by atoms with Crippen LogP contribution in [0.25, 0.3) is 6.08 Å². The highest BCUT2D eigenvalue weighted by Gasteiger charge is 2.44. The van der Waals surface area contributed by atoms with E-state index in [1.54, 1.807) is 5.56 Å². The summed E-state index contributed by atoms with van der Waals surface area (Å²) in [6.07, 6.45) is 8.78. The zero-order valence-electron chi connectivity index (χ0n) is 7.66. The summed E-state index contributed by atoms with van der Waals surface area (Å²) in [6, 6.07) is 10.9. The molecular formula is C13H13+. The van der Waals surface area contributed by atoms with Crippen LogP contribution in [0.4, 0.5) is 0 Å². The van der Waals surface area contributed by atoms with Crippen LogP contribution < -0.4 is 0 Å². The smallest absolute Gasteiger partial charge is 0.0492 e. The quantitative estimate of drug-likeness (QED) is 0.522. The Bertz CT molecular complexity index is 376. The minimum Gasteiger partial charge on any atom is -0.0492 e. The Labute approximate surface area is 78.9 Å². The zero-order valence-corrected chi connectivity index (χ0v) is 7.66. The second-order valence-corrected chi connectivity index (χ2v) is 4.12. The Kier molecular flexibility index (Phi) is 1.35. The maximum Gasteiger partial charge on any atom is 0.0660 e. The number of allylic oxidation sites excluding steroid dienone is 1. The molecule has 1 aromatic carbocycles. The van der Waals surface area contributed by atoms with Gasteiger partial charge >= 0.3 is 0 Å². The summed E-state index contributed by atoms with van der Waals surface area (Å²) in [6.45, 7) is 0. The number of fused-ring (bicyclic) bond motifs is 2. The van der Waals surface area contributed by atoms with Gasteiger partial charge in [0, 0.05) is 24.3 Å². The first-order chi connectivity index (χ1) is 6.41. The van der Waals surface area contributed by atoms with Crippen LogP contribution in [-0.2, 0) is 5.41 Å². The molecule has 0 aromatic heterocycles. The van der Waals surface area contributed by atoms with Crippen LogP contribution in [0, 0.1) is 0 Å². The molecule has 0 saturated heterocycles.